The van der Waals surface area contributed by atoms with Crippen LogP contribution in [0.4, 0.5) is 5.69 Å². The third-order valence-electron chi connectivity index (χ3n) is 2.78. The summed E-state index contributed by atoms with van der Waals surface area (Å²) >= 11 is 9.40. The van der Waals surface area contributed by atoms with E-state index in [1.807, 2.05) is 25.1 Å². The molecular weight excluding hydrogens is 346 g/mol. The summed E-state index contributed by atoms with van der Waals surface area (Å²) in [6.07, 6.45) is 0. The lowest BCUT2D eigenvalue weighted by Crippen LogP contribution is -1.98. The van der Waals surface area contributed by atoms with Crippen LogP contribution < -0.4 is 4.74 Å². The first-order valence-corrected chi connectivity index (χ1v) is 6.96. The average Bonchev–Trinajstić information content (AvgIpc) is 2.40. The van der Waals surface area contributed by atoms with Gasteiger partial charge < -0.3 is 4.74 Å². The Morgan fingerprint density at radius 1 is 1.30 bits per heavy atom. The van der Waals surface area contributed by atoms with Gasteiger partial charge in [-0.2, -0.15) is 0 Å². The maximum atomic E-state index is 10.6. The maximum absolute atomic E-state index is 10.6. The molecule has 0 aliphatic heterocycles. The number of aryl methyl sites for hydroxylation is 1. The van der Waals surface area contributed by atoms with E-state index in [0.29, 0.717) is 10.6 Å². The van der Waals surface area contributed by atoms with Gasteiger partial charge in [-0.25, -0.2) is 0 Å². The zero-order chi connectivity index (χ0) is 14.7. The largest absolute Gasteiger partial charge is 0.489 e. The van der Waals surface area contributed by atoms with Crippen LogP contribution in [0.15, 0.2) is 40.9 Å². The Kier molecular flexibility index (Phi) is 4.62. The summed E-state index contributed by atoms with van der Waals surface area (Å²) < 4.78 is 6.62. The number of nitro groups is 1. The van der Waals surface area contributed by atoms with Crippen LogP contribution in [0.5, 0.6) is 5.75 Å². The molecule has 0 heterocycles. The van der Waals surface area contributed by atoms with Gasteiger partial charge in [0.1, 0.15) is 12.4 Å². The number of hydrogen-bond donors (Lipinski definition) is 0. The zero-order valence-electron chi connectivity index (χ0n) is 10.6. The number of benzene rings is 2. The van der Waals surface area contributed by atoms with E-state index < -0.39 is 4.92 Å². The molecule has 0 saturated heterocycles. The number of rotatable bonds is 4. The molecule has 6 heteroatoms. The Balaban J connectivity index is 2.15. The third kappa shape index (κ3) is 3.49. The van der Waals surface area contributed by atoms with Gasteiger partial charge in [0, 0.05) is 22.2 Å². The van der Waals surface area contributed by atoms with E-state index in [0.717, 1.165) is 15.8 Å². The maximum Gasteiger partial charge on any atom is 0.270 e. The molecule has 0 bridgehead atoms. The normalized spacial score (nSPS) is 10.3. The molecule has 0 saturated carbocycles. The smallest absolute Gasteiger partial charge is 0.270 e. The van der Waals surface area contributed by atoms with Gasteiger partial charge in [-0.1, -0.05) is 33.6 Å². The second kappa shape index (κ2) is 6.24. The van der Waals surface area contributed by atoms with Crippen molar-refractivity contribution in [1.82, 2.24) is 0 Å². The molecule has 0 unspecified atom stereocenters. The lowest BCUT2D eigenvalue weighted by molar-refractivity contribution is -0.384. The highest BCUT2D eigenvalue weighted by molar-refractivity contribution is 9.10. The summed E-state index contributed by atoms with van der Waals surface area (Å²) in [5.74, 6) is 0.744. The molecule has 0 fully saturated rings. The lowest BCUT2D eigenvalue weighted by atomic mass is 10.2. The van der Waals surface area contributed by atoms with E-state index >= 15 is 0 Å². The van der Waals surface area contributed by atoms with Gasteiger partial charge in [-0.15, -0.1) is 0 Å². The van der Waals surface area contributed by atoms with Gasteiger partial charge >= 0.3 is 0 Å². The Bertz CT molecular complexity index is 661. The minimum Gasteiger partial charge on any atom is -0.489 e. The molecule has 20 heavy (non-hydrogen) atoms. The van der Waals surface area contributed by atoms with Crippen molar-refractivity contribution in [2.45, 2.75) is 13.5 Å². The van der Waals surface area contributed by atoms with Crippen LogP contribution in [0.2, 0.25) is 5.02 Å². The molecule has 2 aromatic rings. The second-order valence-corrected chi connectivity index (χ2v) is 5.55. The Morgan fingerprint density at radius 3 is 2.70 bits per heavy atom. The Morgan fingerprint density at radius 2 is 2.05 bits per heavy atom. The molecular formula is C14H11BrClNO3. The summed E-state index contributed by atoms with van der Waals surface area (Å²) in [5, 5.41) is 11.0. The molecule has 0 amide bonds. The first-order chi connectivity index (χ1) is 9.47. The van der Waals surface area contributed by atoms with E-state index in [4.69, 9.17) is 16.3 Å². The van der Waals surface area contributed by atoms with Crippen molar-refractivity contribution in [2.75, 3.05) is 0 Å². The van der Waals surface area contributed by atoms with Crippen molar-refractivity contribution in [3.05, 3.63) is 67.1 Å². The summed E-state index contributed by atoms with van der Waals surface area (Å²) in [5.41, 5.74) is 1.68. The van der Waals surface area contributed by atoms with E-state index in [1.54, 1.807) is 6.07 Å². The summed E-state index contributed by atoms with van der Waals surface area (Å²) in [4.78, 5) is 10.2. The number of non-ortho nitro benzene ring substituents is 1. The van der Waals surface area contributed by atoms with Crippen LogP contribution in [-0.2, 0) is 6.61 Å². The topological polar surface area (TPSA) is 52.4 Å². The molecule has 104 valence electrons. The van der Waals surface area contributed by atoms with Crippen molar-refractivity contribution in [3.8, 4) is 5.75 Å². The fourth-order valence-electron chi connectivity index (χ4n) is 1.65. The van der Waals surface area contributed by atoms with Gasteiger partial charge in [-0.3, -0.25) is 10.1 Å². The highest BCUT2D eigenvalue weighted by Gasteiger charge is 2.10. The molecule has 0 aromatic heterocycles. The third-order valence-corrected chi connectivity index (χ3v) is 3.63. The van der Waals surface area contributed by atoms with E-state index in [9.17, 15) is 10.1 Å². The van der Waals surface area contributed by atoms with E-state index in [-0.39, 0.29) is 12.3 Å². The summed E-state index contributed by atoms with van der Waals surface area (Å²) in [6.45, 7) is 2.20. The van der Waals surface area contributed by atoms with Crippen molar-refractivity contribution >= 4 is 33.2 Å². The van der Waals surface area contributed by atoms with Gasteiger partial charge in [0.25, 0.3) is 5.69 Å². The fraction of sp³-hybridized carbons (Fsp3) is 0.143. The second-order valence-electron chi connectivity index (χ2n) is 4.23. The first-order valence-electron chi connectivity index (χ1n) is 5.79. The number of hydrogen-bond acceptors (Lipinski definition) is 3. The lowest BCUT2D eigenvalue weighted by Gasteiger charge is -2.10. The predicted molar refractivity (Wildman–Crippen MR) is 81.3 cm³/mol. The molecule has 0 aliphatic rings. The van der Waals surface area contributed by atoms with Crippen LogP contribution >= 0.6 is 27.5 Å². The molecule has 0 spiro atoms. The molecule has 2 aromatic carbocycles. The van der Waals surface area contributed by atoms with Crippen molar-refractivity contribution in [1.29, 1.82) is 0 Å². The van der Waals surface area contributed by atoms with Gasteiger partial charge in [0.05, 0.1) is 9.95 Å². The standard InChI is InChI=1S/C14H11BrClNO3/c1-9-2-4-11(15)6-14(9)20-8-10-3-5-12(17(18)19)7-13(10)16/h2-7H,8H2,1H3. The quantitative estimate of drug-likeness (QED) is 0.578. The van der Waals surface area contributed by atoms with Crippen LogP contribution in [0.1, 0.15) is 11.1 Å². The van der Waals surface area contributed by atoms with Crippen LogP contribution in [0, 0.1) is 17.0 Å². The Labute approximate surface area is 129 Å². The van der Waals surface area contributed by atoms with Gasteiger partial charge in [0.15, 0.2) is 0 Å². The molecule has 0 atom stereocenters. The molecule has 0 radical (unpaired) electrons. The number of nitrogens with zero attached hydrogens (tertiary/aromatic N) is 1. The average molecular weight is 357 g/mol. The summed E-state index contributed by atoms with van der Waals surface area (Å²) in [6, 6.07) is 10.1. The van der Waals surface area contributed by atoms with Crippen LogP contribution in [-0.4, -0.2) is 4.92 Å². The predicted octanol–water partition coefficient (Wildman–Crippen LogP) is 4.90. The fourth-order valence-corrected chi connectivity index (χ4v) is 2.22. The van der Waals surface area contributed by atoms with Crippen LogP contribution in [0.3, 0.4) is 0 Å². The van der Waals surface area contributed by atoms with Crippen molar-refractivity contribution in [2.24, 2.45) is 0 Å². The molecule has 2 rings (SSSR count). The Hall–Kier alpha value is -1.59. The monoisotopic (exact) mass is 355 g/mol. The molecule has 0 N–H and O–H groups in total. The SMILES string of the molecule is Cc1ccc(Br)cc1OCc1ccc([N+](=O)[O-])cc1Cl. The first kappa shape index (κ1) is 14.8. The van der Waals surface area contributed by atoms with Crippen molar-refractivity contribution in [3.63, 3.8) is 0 Å². The minimum atomic E-state index is -0.477. The number of ether oxygens (including phenoxy) is 1. The highest BCUT2D eigenvalue weighted by atomic mass is 79.9. The number of halogens is 2. The zero-order valence-corrected chi connectivity index (χ0v) is 12.9. The minimum absolute atomic E-state index is 0.0302. The summed E-state index contributed by atoms with van der Waals surface area (Å²) in [7, 11) is 0. The highest BCUT2D eigenvalue weighted by Crippen LogP contribution is 2.26. The van der Waals surface area contributed by atoms with Crippen molar-refractivity contribution < 1.29 is 9.66 Å². The molecule has 4 nitrogen and oxygen atoms in total. The molecule has 0 aliphatic carbocycles. The van der Waals surface area contributed by atoms with Gasteiger partial charge in [0.2, 0.25) is 0 Å². The van der Waals surface area contributed by atoms with Gasteiger partial charge in [-0.05, 0) is 30.7 Å². The van der Waals surface area contributed by atoms with E-state index in [1.165, 1.54) is 12.1 Å². The van der Waals surface area contributed by atoms with E-state index in [2.05, 4.69) is 15.9 Å². The van der Waals surface area contributed by atoms with Crippen LogP contribution in [0.25, 0.3) is 0 Å². The number of nitro benzene ring substituents is 1.